The number of halogens is 2. The highest BCUT2D eigenvalue weighted by Crippen LogP contribution is 2.25. The average Bonchev–Trinajstić information content (AvgIpc) is 2.67. The van der Waals surface area contributed by atoms with Crippen LogP contribution in [0.15, 0.2) is 54.6 Å². The quantitative estimate of drug-likeness (QED) is 0.652. The van der Waals surface area contributed by atoms with Crippen molar-refractivity contribution in [1.82, 2.24) is 0 Å². The van der Waals surface area contributed by atoms with Gasteiger partial charge in [0, 0.05) is 0 Å². The summed E-state index contributed by atoms with van der Waals surface area (Å²) in [7, 11) is 0. The van der Waals surface area contributed by atoms with Crippen LogP contribution in [-0.2, 0) is 14.3 Å². The van der Waals surface area contributed by atoms with Gasteiger partial charge < -0.3 is 19.5 Å². The van der Waals surface area contributed by atoms with E-state index in [2.05, 4.69) is 10.1 Å². The van der Waals surface area contributed by atoms with Crippen LogP contribution >= 0.6 is 0 Å². The van der Waals surface area contributed by atoms with Crippen molar-refractivity contribution in [3.63, 3.8) is 0 Å². The maximum atomic E-state index is 12.5. The molecule has 0 aliphatic rings. The molecule has 1 N–H and O–H groups in total. The number of esters is 1. The zero-order valence-electron chi connectivity index (χ0n) is 15.4. The minimum atomic E-state index is -3.03. The molecular formula is C20H21F2NO5. The number of carbonyl (C=O) groups excluding carboxylic acids is 2. The first-order valence-corrected chi connectivity index (χ1v) is 8.67. The molecule has 8 heteroatoms. The van der Waals surface area contributed by atoms with Crippen LogP contribution in [0.25, 0.3) is 0 Å². The number of hydrogen-bond acceptors (Lipinski definition) is 5. The molecule has 6 nitrogen and oxygen atoms in total. The number of carbonyl (C=O) groups is 2. The SMILES string of the molecule is CC[C@H](Oc1ccccc1)C(=O)O[C@H](C)C(=O)Nc1ccccc1OC(F)F. The Balaban J connectivity index is 1.96. The second-order valence-corrected chi connectivity index (χ2v) is 5.77. The molecule has 28 heavy (non-hydrogen) atoms. The average molecular weight is 393 g/mol. The number of rotatable bonds is 9. The number of hydrogen-bond donors (Lipinski definition) is 1. The van der Waals surface area contributed by atoms with Gasteiger partial charge in [-0.1, -0.05) is 37.3 Å². The molecule has 2 atom stereocenters. The standard InChI is InChI=1S/C20H21F2NO5/c1-3-16(27-14-9-5-4-6-10-14)19(25)26-13(2)18(24)23-15-11-7-8-12-17(15)28-20(21)22/h4-13,16,20H,3H2,1-2H3,(H,23,24)/t13-,16+/m1/s1. The minimum absolute atomic E-state index is 0.0447. The highest BCUT2D eigenvalue weighted by molar-refractivity contribution is 5.96. The monoisotopic (exact) mass is 393 g/mol. The summed E-state index contributed by atoms with van der Waals surface area (Å²) < 4.78 is 40.0. The van der Waals surface area contributed by atoms with E-state index in [0.717, 1.165) is 0 Å². The molecule has 0 saturated carbocycles. The summed E-state index contributed by atoms with van der Waals surface area (Å²) in [4.78, 5) is 24.6. The predicted octanol–water partition coefficient (Wildman–Crippen LogP) is 4.02. The lowest BCUT2D eigenvalue weighted by atomic mass is 10.2. The molecule has 0 saturated heterocycles. The smallest absolute Gasteiger partial charge is 0.387 e. The maximum absolute atomic E-state index is 12.5. The summed E-state index contributed by atoms with van der Waals surface area (Å²) in [6, 6.07) is 14.5. The number of alkyl halides is 2. The lowest BCUT2D eigenvalue weighted by Gasteiger charge is -2.20. The summed E-state index contributed by atoms with van der Waals surface area (Å²) in [6.07, 6.45) is -1.71. The number of para-hydroxylation sites is 3. The first kappa shape index (κ1) is 21.1. The molecule has 0 aromatic heterocycles. The van der Waals surface area contributed by atoms with Crippen LogP contribution in [0.4, 0.5) is 14.5 Å². The van der Waals surface area contributed by atoms with Gasteiger partial charge in [0.1, 0.15) is 11.5 Å². The maximum Gasteiger partial charge on any atom is 0.387 e. The molecule has 0 fully saturated rings. The normalized spacial score (nSPS) is 12.8. The van der Waals surface area contributed by atoms with Crippen molar-refractivity contribution in [2.24, 2.45) is 0 Å². The highest BCUT2D eigenvalue weighted by atomic mass is 19.3. The van der Waals surface area contributed by atoms with Gasteiger partial charge in [0.05, 0.1) is 5.69 Å². The van der Waals surface area contributed by atoms with Gasteiger partial charge in [-0.2, -0.15) is 8.78 Å². The molecule has 0 aliphatic heterocycles. The van der Waals surface area contributed by atoms with E-state index in [1.807, 2.05) is 6.07 Å². The van der Waals surface area contributed by atoms with Gasteiger partial charge >= 0.3 is 12.6 Å². The van der Waals surface area contributed by atoms with Crippen LogP contribution in [0, 0.1) is 0 Å². The van der Waals surface area contributed by atoms with Crippen molar-refractivity contribution >= 4 is 17.6 Å². The number of anilines is 1. The topological polar surface area (TPSA) is 73.9 Å². The van der Waals surface area contributed by atoms with Crippen LogP contribution in [-0.4, -0.2) is 30.7 Å². The van der Waals surface area contributed by atoms with E-state index in [1.165, 1.54) is 25.1 Å². The van der Waals surface area contributed by atoms with Gasteiger partial charge in [0.2, 0.25) is 0 Å². The van der Waals surface area contributed by atoms with Crippen LogP contribution < -0.4 is 14.8 Å². The van der Waals surface area contributed by atoms with Crippen molar-refractivity contribution in [2.75, 3.05) is 5.32 Å². The Morgan fingerprint density at radius 1 is 1.00 bits per heavy atom. The fourth-order valence-corrected chi connectivity index (χ4v) is 2.27. The Hall–Kier alpha value is -3.16. The van der Waals surface area contributed by atoms with Crippen LogP contribution in [0.3, 0.4) is 0 Å². The molecule has 0 heterocycles. The molecule has 2 aromatic carbocycles. The Kier molecular flexibility index (Phi) is 7.74. The third kappa shape index (κ3) is 6.22. The minimum Gasteiger partial charge on any atom is -0.479 e. The molecule has 1 amide bonds. The highest BCUT2D eigenvalue weighted by Gasteiger charge is 2.26. The lowest BCUT2D eigenvalue weighted by Crippen LogP contribution is -2.36. The van der Waals surface area contributed by atoms with E-state index >= 15 is 0 Å². The van der Waals surface area contributed by atoms with E-state index in [9.17, 15) is 18.4 Å². The van der Waals surface area contributed by atoms with Crippen molar-refractivity contribution in [2.45, 2.75) is 39.1 Å². The molecule has 0 bridgehead atoms. The van der Waals surface area contributed by atoms with E-state index < -0.39 is 30.7 Å². The molecule has 150 valence electrons. The van der Waals surface area contributed by atoms with Gasteiger partial charge in [-0.05, 0) is 37.6 Å². The fourth-order valence-electron chi connectivity index (χ4n) is 2.27. The Morgan fingerprint density at radius 2 is 1.64 bits per heavy atom. The van der Waals surface area contributed by atoms with Gasteiger partial charge in [0.15, 0.2) is 12.2 Å². The summed E-state index contributed by atoms with van der Waals surface area (Å²) >= 11 is 0. The molecule has 2 aromatic rings. The lowest BCUT2D eigenvalue weighted by molar-refractivity contribution is -0.160. The van der Waals surface area contributed by atoms with E-state index in [-0.39, 0.29) is 11.4 Å². The molecule has 0 radical (unpaired) electrons. The molecule has 0 unspecified atom stereocenters. The summed E-state index contributed by atoms with van der Waals surface area (Å²) in [5.74, 6) is -1.08. The van der Waals surface area contributed by atoms with Crippen molar-refractivity contribution in [3.05, 3.63) is 54.6 Å². The molecular weight excluding hydrogens is 372 g/mol. The van der Waals surface area contributed by atoms with E-state index in [0.29, 0.717) is 12.2 Å². The fraction of sp³-hybridized carbons (Fsp3) is 0.300. The number of nitrogens with one attached hydrogen (secondary N) is 1. The van der Waals surface area contributed by atoms with Crippen molar-refractivity contribution in [1.29, 1.82) is 0 Å². The van der Waals surface area contributed by atoms with Crippen LogP contribution in [0.5, 0.6) is 11.5 Å². The largest absolute Gasteiger partial charge is 0.479 e. The van der Waals surface area contributed by atoms with Gasteiger partial charge in [-0.3, -0.25) is 4.79 Å². The second kappa shape index (κ2) is 10.2. The Labute approximate surface area is 161 Å². The first-order chi connectivity index (χ1) is 13.4. The number of benzene rings is 2. The molecule has 0 spiro atoms. The zero-order chi connectivity index (χ0) is 20.5. The van der Waals surface area contributed by atoms with E-state index in [1.54, 1.807) is 37.3 Å². The van der Waals surface area contributed by atoms with Crippen molar-refractivity contribution in [3.8, 4) is 11.5 Å². The second-order valence-electron chi connectivity index (χ2n) is 5.77. The van der Waals surface area contributed by atoms with Crippen LogP contribution in [0.2, 0.25) is 0 Å². The third-order valence-electron chi connectivity index (χ3n) is 3.68. The van der Waals surface area contributed by atoms with Gasteiger partial charge in [-0.25, -0.2) is 4.79 Å². The summed E-state index contributed by atoms with van der Waals surface area (Å²) in [6.45, 7) is 0.0880. The first-order valence-electron chi connectivity index (χ1n) is 8.67. The molecule has 2 rings (SSSR count). The van der Waals surface area contributed by atoms with Gasteiger partial charge in [-0.15, -0.1) is 0 Å². The number of amides is 1. The predicted molar refractivity (Wildman–Crippen MR) is 98.4 cm³/mol. The Bertz CT molecular complexity index is 785. The van der Waals surface area contributed by atoms with Crippen molar-refractivity contribution < 1.29 is 32.6 Å². The third-order valence-corrected chi connectivity index (χ3v) is 3.68. The summed E-state index contributed by atoms with van der Waals surface area (Å²) in [5.41, 5.74) is 0.0447. The summed E-state index contributed by atoms with van der Waals surface area (Å²) in [5, 5.41) is 2.41. The van der Waals surface area contributed by atoms with Gasteiger partial charge in [0.25, 0.3) is 5.91 Å². The molecule has 0 aliphatic carbocycles. The van der Waals surface area contributed by atoms with Crippen LogP contribution in [0.1, 0.15) is 20.3 Å². The van der Waals surface area contributed by atoms with E-state index in [4.69, 9.17) is 9.47 Å². The Morgan fingerprint density at radius 3 is 2.29 bits per heavy atom. The zero-order valence-corrected chi connectivity index (χ0v) is 15.4. The number of ether oxygens (including phenoxy) is 3.